The zero-order chi connectivity index (χ0) is 23.3. The lowest BCUT2D eigenvalue weighted by molar-refractivity contribution is -0.137. The summed E-state index contributed by atoms with van der Waals surface area (Å²) in [5, 5.41) is 4.71. The van der Waals surface area contributed by atoms with Crippen LogP contribution >= 0.6 is 0 Å². The average Bonchev–Trinajstić information content (AvgIpc) is 2.76. The van der Waals surface area contributed by atoms with Gasteiger partial charge in [-0.05, 0) is 42.5 Å². The van der Waals surface area contributed by atoms with E-state index in [1.54, 1.807) is 0 Å². The van der Waals surface area contributed by atoms with Crippen molar-refractivity contribution in [2.24, 2.45) is 0 Å². The highest BCUT2D eigenvalue weighted by Crippen LogP contribution is 2.29. The van der Waals surface area contributed by atoms with Crippen molar-refractivity contribution in [2.75, 3.05) is 12.4 Å². The van der Waals surface area contributed by atoms with Crippen molar-refractivity contribution >= 4 is 17.7 Å². The Morgan fingerprint density at radius 1 is 1.00 bits per heavy atom. The van der Waals surface area contributed by atoms with Gasteiger partial charge in [0, 0.05) is 24.7 Å². The highest BCUT2D eigenvalue weighted by Gasteiger charge is 2.30. The monoisotopic (exact) mass is 449 g/mol. The van der Waals surface area contributed by atoms with Crippen molar-refractivity contribution in [3.8, 4) is 17.4 Å². The van der Waals surface area contributed by atoms with Gasteiger partial charge >= 0.3 is 12.3 Å². The number of ether oxygens (including phenoxy) is 2. The number of nitrogens with one attached hydrogen (secondary N) is 2. The maximum absolute atomic E-state index is 14.1. The molecule has 0 radical (unpaired) electrons. The van der Waals surface area contributed by atoms with Crippen molar-refractivity contribution in [3.63, 3.8) is 0 Å². The minimum atomic E-state index is -4.49. The molecule has 2 aromatic carbocycles. The quantitative estimate of drug-likeness (QED) is 0.535. The van der Waals surface area contributed by atoms with Crippen LogP contribution in [0.25, 0.3) is 0 Å². The van der Waals surface area contributed by atoms with E-state index in [0.29, 0.717) is 0 Å². The van der Waals surface area contributed by atoms with E-state index in [1.165, 1.54) is 37.5 Å². The molecule has 3 rings (SSSR count). The Balaban J connectivity index is 1.62. The molecule has 1 aromatic heterocycles. The number of alkyl halides is 3. The molecule has 0 atom stereocenters. The lowest BCUT2D eigenvalue weighted by Crippen LogP contribution is -2.22. The number of carbonyl (C=O) groups excluding carboxylic acids is 2. The Kier molecular flexibility index (Phi) is 6.57. The molecule has 0 saturated heterocycles. The standard InChI is InChI=1S/C21H15F4N3O4/c1-26-20(30)31-15-7-8-17(16(22)10-15)32-18-9-6-14(11-27-18)28-19(29)12-2-4-13(5-3-12)21(23,24)25/h2-11H,1H3,(H,26,30)(H,28,29). The summed E-state index contributed by atoms with van der Waals surface area (Å²) >= 11 is 0. The van der Waals surface area contributed by atoms with Crippen LogP contribution in [0.5, 0.6) is 17.4 Å². The molecular weight excluding hydrogens is 434 g/mol. The van der Waals surface area contributed by atoms with E-state index in [9.17, 15) is 27.2 Å². The number of halogens is 4. The smallest absolute Gasteiger partial charge is 0.416 e. The van der Waals surface area contributed by atoms with Crippen LogP contribution in [0, 0.1) is 5.82 Å². The third-order valence-electron chi connectivity index (χ3n) is 4.00. The first kappa shape index (κ1) is 22.5. The van der Waals surface area contributed by atoms with Crippen LogP contribution in [0.3, 0.4) is 0 Å². The summed E-state index contributed by atoms with van der Waals surface area (Å²) in [4.78, 5) is 27.3. The molecular formula is C21H15F4N3O4. The maximum Gasteiger partial charge on any atom is 0.416 e. The Bertz CT molecular complexity index is 1120. The first-order valence-electron chi connectivity index (χ1n) is 8.97. The lowest BCUT2D eigenvalue weighted by atomic mass is 10.1. The predicted octanol–water partition coefficient (Wildman–Crippen LogP) is 5.00. The number of pyridine rings is 1. The van der Waals surface area contributed by atoms with Crippen LogP contribution in [0.2, 0.25) is 0 Å². The highest BCUT2D eigenvalue weighted by atomic mass is 19.4. The van der Waals surface area contributed by atoms with E-state index in [4.69, 9.17) is 9.47 Å². The zero-order valence-corrected chi connectivity index (χ0v) is 16.4. The molecule has 0 fully saturated rings. The molecule has 0 unspecified atom stereocenters. The Hall–Kier alpha value is -4.15. The Labute approximate surface area is 179 Å². The SMILES string of the molecule is CNC(=O)Oc1ccc(Oc2ccc(NC(=O)c3ccc(C(F)(F)F)cc3)cn2)c(F)c1. The van der Waals surface area contributed by atoms with Crippen LogP contribution in [0.15, 0.2) is 60.8 Å². The summed E-state index contributed by atoms with van der Waals surface area (Å²) in [5.41, 5.74) is -0.589. The number of carbonyl (C=O) groups is 2. The fraction of sp³-hybridized carbons (Fsp3) is 0.0952. The fourth-order valence-corrected chi connectivity index (χ4v) is 2.43. The Morgan fingerprint density at radius 2 is 1.72 bits per heavy atom. The molecule has 3 aromatic rings. The molecule has 2 amide bonds. The van der Waals surface area contributed by atoms with E-state index in [2.05, 4.69) is 15.6 Å². The second-order valence-electron chi connectivity index (χ2n) is 6.25. The summed E-state index contributed by atoms with van der Waals surface area (Å²) in [6.07, 6.45) is -4.02. The summed E-state index contributed by atoms with van der Waals surface area (Å²) in [5.74, 6) is -1.62. The van der Waals surface area contributed by atoms with Crippen LogP contribution in [-0.2, 0) is 6.18 Å². The minimum absolute atomic E-state index is 0.0106. The number of hydrogen-bond donors (Lipinski definition) is 2. The minimum Gasteiger partial charge on any atom is -0.436 e. The lowest BCUT2D eigenvalue weighted by Gasteiger charge is -2.10. The first-order chi connectivity index (χ1) is 15.2. The van der Waals surface area contributed by atoms with Crippen molar-refractivity contribution in [3.05, 3.63) is 77.7 Å². The van der Waals surface area contributed by atoms with Crippen LogP contribution < -0.4 is 20.1 Å². The van der Waals surface area contributed by atoms with E-state index in [-0.39, 0.29) is 28.6 Å². The van der Waals surface area contributed by atoms with Crippen LogP contribution in [0.1, 0.15) is 15.9 Å². The fourth-order valence-electron chi connectivity index (χ4n) is 2.43. The number of hydrogen-bond acceptors (Lipinski definition) is 5. The van der Waals surface area contributed by atoms with Gasteiger partial charge in [0.2, 0.25) is 5.88 Å². The largest absolute Gasteiger partial charge is 0.436 e. The maximum atomic E-state index is 14.1. The number of nitrogens with zero attached hydrogens (tertiary/aromatic N) is 1. The normalized spacial score (nSPS) is 10.9. The molecule has 166 valence electrons. The number of anilines is 1. The summed E-state index contributed by atoms with van der Waals surface area (Å²) in [7, 11) is 1.36. The number of aromatic nitrogens is 1. The van der Waals surface area contributed by atoms with Gasteiger partial charge < -0.3 is 20.1 Å². The van der Waals surface area contributed by atoms with Crippen molar-refractivity contribution in [2.45, 2.75) is 6.18 Å². The zero-order valence-electron chi connectivity index (χ0n) is 16.4. The number of amides is 2. The second kappa shape index (κ2) is 9.33. The molecule has 7 nitrogen and oxygen atoms in total. The Morgan fingerprint density at radius 3 is 2.28 bits per heavy atom. The summed E-state index contributed by atoms with van der Waals surface area (Å²) in [6.45, 7) is 0. The average molecular weight is 449 g/mol. The second-order valence-corrected chi connectivity index (χ2v) is 6.25. The summed E-state index contributed by atoms with van der Waals surface area (Å²) in [6, 6.07) is 10.0. The number of rotatable bonds is 5. The molecule has 11 heteroatoms. The molecule has 0 saturated carbocycles. The third kappa shape index (κ3) is 5.72. The van der Waals surface area contributed by atoms with Gasteiger partial charge in [-0.15, -0.1) is 0 Å². The van der Waals surface area contributed by atoms with Gasteiger partial charge in [-0.2, -0.15) is 13.2 Å². The van der Waals surface area contributed by atoms with E-state index >= 15 is 0 Å². The third-order valence-corrected chi connectivity index (χ3v) is 4.00. The van der Waals surface area contributed by atoms with Gasteiger partial charge in [-0.25, -0.2) is 14.2 Å². The molecule has 1 heterocycles. The molecule has 0 bridgehead atoms. The molecule has 0 aliphatic rings. The van der Waals surface area contributed by atoms with Crippen molar-refractivity contribution in [1.82, 2.24) is 10.3 Å². The molecule has 32 heavy (non-hydrogen) atoms. The van der Waals surface area contributed by atoms with Gasteiger partial charge in [0.15, 0.2) is 11.6 Å². The van der Waals surface area contributed by atoms with Crippen molar-refractivity contribution < 1.29 is 36.6 Å². The van der Waals surface area contributed by atoms with E-state index in [1.807, 2.05) is 0 Å². The van der Waals surface area contributed by atoms with E-state index < -0.39 is 29.6 Å². The van der Waals surface area contributed by atoms with Gasteiger partial charge in [0.1, 0.15) is 5.75 Å². The molecule has 2 N–H and O–H groups in total. The van der Waals surface area contributed by atoms with Crippen LogP contribution in [0.4, 0.5) is 28.0 Å². The van der Waals surface area contributed by atoms with Gasteiger partial charge in [-0.3, -0.25) is 4.79 Å². The van der Waals surface area contributed by atoms with Crippen molar-refractivity contribution in [1.29, 1.82) is 0 Å². The van der Waals surface area contributed by atoms with E-state index in [0.717, 1.165) is 30.3 Å². The predicted molar refractivity (Wildman–Crippen MR) is 105 cm³/mol. The number of benzene rings is 2. The molecule has 0 aliphatic carbocycles. The van der Waals surface area contributed by atoms with Crippen LogP contribution in [-0.4, -0.2) is 24.0 Å². The van der Waals surface area contributed by atoms with Gasteiger partial charge in [0.05, 0.1) is 17.4 Å². The highest BCUT2D eigenvalue weighted by molar-refractivity contribution is 6.04. The van der Waals surface area contributed by atoms with Gasteiger partial charge in [-0.1, -0.05) is 0 Å². The first-order valence-corrected chi connectivity index (χ1v) is 8.97. The summed E-state index contributed by atoms with van der Waals surface area (Å²) < 4.78 is 62.1. The molecule has 0 spiro atoms. The molecule has 0 aliphatic heterocycles. The topological polar surface area (TPSA) is 89.5 Å². The van der Waals surface area contributed by atoms with Gasteiger partial charge in [0.25, 0.3) is 5.91 Å².